The number of hydrogen-bond acceptors (Lipinski definition) is 2. The summed E-state index contributed by atoms with van der Waals surface area (Å²) in [4.78, 5) is 1.42. The first kappa shape index (κ1) is 13.1. The highest BCUT2D eigenvalue weighted by atomic mass is 35.5. The lowest BCUT2D eigenvalue weighted by molar-refractivity contribution is 0.534. The SMILES string of the molecule is Cc1nn(CC2CSc3ccccc32)c(C)c1CCl. The van der Waals surface area contributed by atoms with Crippen LogP contribution in [0.4, 0.5) is 0 Å². The Hall–Kier alpha value is -0.930. The summed E-state index contributed by atoms with van der Waals surface area (Å²) in [6, 6.07) is 8.70. The predicted molar refractivity (Wildman–Crippen MR) is 81.2 cm³/mol. The first-order valence-electron chi connectivity index (χ1n) is 6.51. The zero-order valence-corrected chi connectivity index (χ0v) is 12.8. The van der Waals surface area contributed by atoms with Crippen molar-refractivity contribution in [2.75, 3.05) is 5.75 Å². The molecule has 3 rings (SSSR count). The summed E-state index contributed by atoms with van der Waals surface area (Å²) in [6.45, 7) is 5.11. The predicted octanol–water partition coefficient (Wildman–Crippen LogP) is 4.13. The molecular formula is C15H17ClN2S. The van der Waals surface area contributed by atoms with Gasteiger partial charge in [0.1, 0.15) is 0 Å². The number of aromatic nitrogens is 2. The second kappa shape index (κ2) is 5.22. The summed E-state index contributed by atoms with van der Waals surface area (Å²) in [6.07, 6.45) is 0. The lowest BCUT2D eigenvalue weighted by Gasteiger charge is -2.12. The van der Waals surface area contributed by atoms with Crippen molar-refractivity contribution in [1.29, 1.82) is 0 Å². The molecule has 2 aromatic rings. The summed E-state index contributed by atoms with van der Waals surface area (Å²) in [7, 11) is 0. The van der Waals surface area contributed by atoms with Gasteiger partial charge in [0, 0.05) is 34.4 Å². The van der Waals surface area contributed by atoms with Crippen LogP contribution in [-0.2, 0) is 12.4 Å². The molecule has 0 amide bonds. The van der Waals surface area contributed by atoms with Crippen molar-refractivity contribution < 1.29 is 0 Å². The fraction of sp³-hybridized carbons (Fsp3) is 0.400. The van der Waals surface area contributed by atoms with Crippen LogP contribution in [0.15, 0.2) is 29.2 Å². The molecule has 0 fully saturated rings. The lowest BCUT2D eigenvalue weighted by Crippen LogP contribution is -2.11. The van der Waals surface area contributed by atoms with Gasteiger partial charge in [-0.05, 0) is 25.5 Å². The molecule has 1 aromatic carbocycles. The minimum Gasteiger partial charge on any atom is -0.269 e. The molecule has 0 spiro atoms. The molecule has 0 radical (unpaired) electrons. The van der Waals surface area contributed by atoms with Gasteiger partial charge in [-0.3, -0.25) is 4.68 Å². The van der Waals surface area contributed by atoms with E-state index in [0.717, 1.165) is 18.0 Å². The van der Waals surface area contributed by atoms with E-state index in [1.165, 1.54) is 21.7 Å². The smallest absolute Gasteiger partial charge is 0.0640 e. The molecule has 4 heteroatoms. The first-order chi connectivity index (χ1) is 9.20. The summed E-state index contributed by atoms with van der Waals surface area (Å²) < 4.78 is 2.13. The Bertz CT molecular complexity index is 606. The molecule has 0 saturated heterocycles. The van der Waals surface area contributed by atoms with Crippen LogP contribution in [0.1, 0.15) is 28.4 Å². The molecule has 1 aliphatic heterocycles. The second-order valence-corrected chi connectivity index (χ2v) is 6.34. The molecule has 19 heavy (non-hydrogen) atoms. The van der Waals surface area contributed by atoms with Gasteiger partial charge in [0.05, 0.1) is 11.6 Å². The van der Waals surface area contributed by atoms with E-state index in [4.69, 9.17) is 11.6 Å². The number of alkyl halides is 1. The molecule has 2 heterocycles. The zero-order valence-electron chi connectivity index (χ0n) is 11.2. The molecule has 0 saturated carbocycles. The van der Waals surface area contributed by atoms with E-state index in [0.29, 0.717) is 11.8 Å². The topological polar surface area (TPSA) is 17.8 Å². The first-order valence-corrected chi connectivity index (χ1v) is 8.03. The van der Waals surface area contributed by atoms with Crippen molar-refractivity contribution in [3.63, 3.8) is 0 Å². The summed E-state index contributed by atoms with van der Waals surface area (Å²) in [5.41, 5.74) is 4.92. The van der Waals surface area contributed by atoms with E-state index in [9.17, 15) is 0 Å². The highest BCUT2D eigenvalue weighted by Crippen LogP contribution is 2.40. The van der Waals surface area contributed by atoms with E-state index < -0.39 is 0 Å². The van der Waals surface area contributed by atoms with Crippen LogP contribution < -0.4 is 0 Å². The number of nitrogens with zero attached hydrogens (tertiary/aromatic N) is 2. The number of thioether (sulfide) groups is 1. The van der Waals surface area contributed by atoms with Gasteiger partial charge in [-0.2, -0.15) is 5.10 Å². The van der Waals surface area contributed by atoms with Crippen molar-refractivity contribution >= 4 is 23.4 Å². The normalized spacial score (nSPS) is 17.7. The third-order valence-electron chi connectivity index (χ3n) is 3.86. The largest absolute Gasteiger partial charge is 0.269 e. The van der Waals surface area contributed by atoms with Gasteiger partial charge in [-0.1, -0.05) is 18.2 Å². The minimum absolute atomic E-state index is 0.549. The molecule has 1 aliphatic rings. The number of rotatable bonds is 3. The molecular weight excluding hydrogens is 276 g/mol. The molecule has 2 nitrogen and oxygen atoms in total. The number of hydrogen-bond donors (Lipinski definition) is 0. The Balaban J connectivity index is 1.88. The number of fused-ring (bicyclic) bond motifs is 1. The zero-order chi connectivity index (χ0) is 13.4. The van der Waals surface area contributed by atoms with Gasteiger partial charge in [-0.15, -0.1) is 23.4 Å². The molecule has 100 valence electrons. The van der Waals surface area contributed by atoms with Crippen LogP contribution in [0, 0.1) is 13.8 Å². The molecule has 0 bridgehead atoms. The molecule has 1 aromatic heterocycles. The molecule has 0 aliphatic carbocycles. The van der Waals surface area contributed by atoms with Gasteiger partial charge >= 0.3 is 0 Å². The van der Waals surface area contributed by atoms with E-state index in [1.807, 2.05) is 18.7 Å². The van der Waals surface area contributed by atoms with Crippen LogP contribution in [0.2, 0.25) is 0 Å². The maximum atomic E-state index is 5.99. The van der Waals surface area contributed by atoms with E-state index in [2.05, 4.69) is 41.0 Å². The van der Waals surface area contributed by atoms with Gasteiger partial charge in [0.2, 0.25) is 0 Å². The van der Waals surface area contributed by atoms with Crippen LogP contribution >= 0.6 is 23.4 Å². The van der Waals surface area contributed by atoms with Gasteiger partial charge in [0.25, 0.3) is 0 Å². The average Bonchev–Trinajstić information content (AvgIpc) is 2.93. The van der Waals surface area contributed by atoms with Crippen molar-refractivity contribution in [2.45, 2.75) is 37.1 Å². The Morgan fingerprint density at radius 2 is 2.16 bits per heavy atom. The summed E-state index contributed by atoms with van der Waals surface area (Å²) >= 11 is 7.94. The highest BCUT2D eigenvalue weighted by Gasteiger charge is 2.24. The number of halogens is 1. The van der Waals surface area contributed by atoms with Gasteiger partial charge in [0.15, 0.2) is 0 Å². The second-order valence-electron chi connectivity index (χ2n) is 5.01. The van der Waals surface area contributed by atoms with Crippen molar-refractivity contribution in [1.82, 2.24) is 9.78 Å². The molecule has 1 unspecified atom stereocenters. The Labute approximate surface area is 123 Å². The van der Waals surface area contributed by atoms with Gasteiger partial charge in [-0.25, -0.2) is 0 Å². The number of aryl methyl sites for hydroxylation is 1. The van der Waals surface area contributed by atoms with E-state index >= 15 is 0 Å². The average molecular weight is 293 g/mol. The summed E-state index contributed by atoms with van der Waals surface area (Å²) in [5, 5.41) is 4.64. The molecule has 1 atom stereocenters. The fourth-order valence-electron chi connectivity index (χ4n) is 2.69. The fourth-order valence-corrected chi connectivity index (χ4v) is 4.32. The third-order valence-corrected chi connectivity index (χ3v) is 5.38. The minimum atomic E-state index is 0.549. The van der Waals surface area contributed by atoms with Crippen molar-refractivity contribution in [3.8, 4) is 0 Å². The Morgan fingerprint density at radius 1 is 1.37 bits per heavy atom. The maximum absolute atomic E-state index is 5.99. The molecule has 0 N–H and O–H groups in total. The maximum Gasteiger partial charge on any atom is 0.0640 e. The van der Waals surface area contributed by atoms with Crippen LogP contribution in [0.25, 0.3) is 0 Å². The van der Waals surface area contributed by atoms with E-state index in [1.54, 1.807) is 0 Å². The van der Waals surface area contributed by atoms with Crippen LogP contribution in [0.3, 0.4) is 0 Å². The standard InChI is InChI=1S/C15H17ClN2S/c1-10-14(7-16)11(2)18(17-10)8-12-9-19-15-6-4-3-5-13(12)15/h3-6,12H,7-9H2,1-2H3. The third kappa shape index (κ3) is 2.30. The van der Waals surface area contributed by atoms with Crippen LogP contribution in [-0.4, -0.2) is 15.5 Å². The summed E-state index contributed by atoms with van der Waals surface area (Å²) in [5.74, 6) is 2.25. The number of benzene rings is 1. The monoisotopic (exact) mass is 292 g/mol. The Kier molecular flexibility index (Phi) is 3.59. The van der Waals surface area contributed by atoms with Crippen LogP contribution in [0.5, 0.6) is 0 Å². The van der Waals surface area contributed by atoms with Gasteiger partial charge < -0.3 is 0 Å². The van der Waals surface area contributed by atoms with Crippen molar-refractivity contribution in [3.05, 3.63) is 46.8 Å². The van der Waals surface area contributed by atoms with Crippen molar-refractivity contribution in [2.24, 2.45) is 0 Å². The quantitative estimate of drug-likeness (QED) is 0.792. The van der Waals surface area contributed by atoms with E-state index in [-0.39, 0.29) is 0 Å². The Morgan fingerprint density at radius 3 is 2.89 bits per heavy atom. The highest BCUT2D eigenvalue weighted by molar-refractivity contribution is 7.99. The lowest BCUT2D eigenvalue weighted by atomic mass is 10.0.